The van der Waals surface area contributed by atoms with Crippen molar-refractivity contribution in [2.45, 2.75) is 11.8 Å². The summed E-state index contributed by atoms with van der Waals surface area (Å²) in [5, 5.41) is 3.27. The topological polar surface area (TPSA) is 105 Å². The molecule has 8 nitrogen and oxygen atoms in total. The Kier molecular flexibility index (Phi) is 6.44. The van der Waals surface area contributed by atoms with Gasteiger partial charge in [-0.2, -0.15) is 4.31 Å². The van der Waals surface area contributed by atoms with E-state index < -0.39 is 20.0 Å². The molecule has 2 aliphatic heterocycles. The molecule has 2 fully saturated rings. The molecule has 0 unspecified atom stereocenters. The minimum absolute atomic E-state index is 0. The summed E-state index contributed by atoms with van der Waals surface area (Å²) in [5.74, 6) is 0.853. The van der Waals surface area contributed by atoms with Gasteiger partial charge in [0.25, 0.3) is 0 Å². The van der Waals surface area contributed by atoms with Crippen LogP contribution in [-0.4, -0.2) is 60.2 Å². The number of rotatable bonds is 6. The lowest BCUT2D eigenvalue weighted by Gasteiger charge is -2.20. The summed E-state index contributed by atoms with van der Waals surface area (Å²) < 4.78 is 59.0. The number of hydrogen-bond donors (Lipinski definition) is 2. The van der Waals surface area contributed by atoms with Gasteiger partial charge in [-0.05, 0) is 44.0 Å². The first-order valence-electron chi connectivity index (χ1n) is 8.16. The van der Waals surface area contributed by atoms with Crippen LogP contribution < -0.4 is 14.8 Å². The van der Waals surface area contributed by atoms with E-state index in [1.165, 1.54) is 36.5 Å². The van der Waals surface area contributed by atoms with Crippen LogP contribution in [0.5, 0.6) is 5.75 Å². The van der Waals surface area contributed by atoms with Gasteiger partial charge in [0.15, 0.2) is 0 Å². The van der Waals surface area contributed by atoms with E-state index in [9.17, 15) is 16.8 Å². The van der Waals surface area contributed by atoms with E-state index in [-0.39, 0.29) is 28.7 Å². The van der Waals surface area contributed by atoms with Crippen LogP contribution in [0.4, 0.5) is 5.69 Å². The number of fused-ring (bicyclic) bond motifs is 1. The van der Waals surface area contributed by atoms with Crippen molar-refractivity contribution in [1.29, 1.82) is 0 Å². The molecule has 26 heavy (non-hydrogen) atoms. The van der Waals surface area contributed by atoms with Gasteiger partial charge in [0, 0.05) is 19.2 Å². The predicted molar refractivity (Wildman–Crippen MR) is 102 cm³/mol. The Hall–Kier alpha value is -1.07. The summed E-state index contributed by atoms with van der Waals surface area (Å²) in [7, 11) is -5.97. The number of methoxy groups -OCH3 is 1. The molecule has 1 aromatic rings. The van der Waals surface area contributed by atoms with Gasteiger partial charge in [0.1, 0.15) is 10.6 Å². The van der Waals surface area contributed by atoms with Crippen molar-refractivity contribution in [3.8, 4) is 5.75 Å². The Labute approximate surface area is 160 Å². The number of halogens is 1. The van der Waals surface area contributed by atoms with Gasteiger partial charge < -0.3 is 10.1 Å². The number of nitrogens with one attached hydrogen (secondary N) is 2. The Morgan fingerprint density at radius 2 is 1.81 bits per heavy atom. The van der Waals surface area contributed by atoms with Crippen molar-refractivity contribution >= 4 is 38.1 Å². The lowest BCUT2D eigenvalue weighted by Crippen LogP contribution is -2.32. The molecule has 3 rings (SSSR count). The third-order valence-electron chi connectivity index (χ3n) is 4.81. The van der Waals surface area contributed by atoms with E-state index in [1.807, 2.05) is 0 Å². The smallest absolute Gasteiger partial charge is 0.245 e. The molecule has 2 aliphatic rings. The zero-order chi connectivity index (χ0) is 18.2. The van der Waals surface area contributed by atoms with Gasteiger partial charge in [-0.3, -0.25) is 4.72 Å². The summed E-state index contributed by atoms with van der Waals surface area (Å²) in [6.45, 7) is 4.02. The van der Waals surface area contributed by atoms with Crippen molar-refractivity contribution in [1.82, 2.24) is 9.62 Å². The lowest BCUT2D eigenvalue weighted by molar-refractivity contribution is 0.414. The van der Waals surface area contributed by atoms with Crippen LogP contribution in [-0.2, 0) is 20.0 Å². The largest absolute Gasteiger partial charge is 0.497 e. The first-order valence-corrected chi connectivity index (χ1v) is 11.3. The third kappa shape index (κ3) is 4.09. The summed E-state index contributed by atoms with van der Waals surface area (Å²) in [5.41, 5.74) is 0.0244. The maximum Gasteiger partial charge on any atom is 0.245 e. The minimum Gasteiger partial charge on any atom is -0.497 e. The number of nitrogens with zero attached hydrogens (tertiary/aromatic N) is 1. The second-order valence-corrected chi connectivity index (χ2v) is 10.3. The van der Waals surface area contributed by atoms with Crippen molar-refractivity contribution in [3.63, 3.8) is 0 Å². The van der Waals surface area contributed by atoms with Crippen LogP contribution in [0, 0.1) is 11.8 Å². The highest BCUT2D eigenvalue weighted by Crippen LogP contribution is 2.35. The Morgan fingerprint density at radius 1 is 1.19 bits per heavy atom. The standard InChI is InChI=1S/C15H23N3O5S2.ClH/c1-3-24(19,20)17-14-6-13(23-2)4-5-15(14)25(21,22)18-9-11-7-16-8-12(11)10-18;/h4-6,11-12,16-17H,3,7-10H2,1-2H3;1H/t11-,12+;. The highest BCUT2D eigenvalue weighted by atomic mass is 35.5. The monoisotopic (exact) mass is 425 g/mol. The molecule has 0 spiro atoms. The van der Waals surface area contributed by atoms with Crippen molar-refractivity contribution in [3.05, 3.63) is 18.2 Å². The third-order valence-corrected chi connectivity index (χ3v) is 7.99. The fourth-order valence-corrected chi connectivity index (χ4v) is 5.72. The Morgan fingerprint density at radius 3 is 2.35 bits per heavy atom. The summed E-state index contributed by atoms with van der Waals surface area (Å²) in [6.07, 6.45) is 0. The lowest BCUT2D eigenvalue weighted by atomic mass is 10.0. The van der Waals surface area contributed by atoms with Crippen molar-refractivity contribution in [2.24, 2.45) is 11.8 Å². The molecule has 0 aromatic heterocycles. The molecule has 0 amide bonds. The number of sulfonamides is 2. The molecule has 0 bridgehead atoms. The average molecular weight is 426 g/mol. The molecule has 2 saturated heterocycles. The van der Waals surface area contributed by atoms with Crippen LogP contribution in [0.15, 0.2) is 23.1 Å². The molecule has 0 saturated carbocycles. The van der Waals surface area contributed by atoms with Gasteiger partial charge in [-0.25, -0.2) is 16.8 Å². The van der Waals surface area contributed by atoms with Gasteiger partial charge >= 0.3 is 0 Å². The van der Waals surface area contributed by atoms with Crippen LogP contribution in [0.25, 0.3) is 0 Å². The summed E-state index contributed by atoms with van der Waals surface area (Å²) in [4.78, 5) is -0.0433. The zero-order valence-electron chi connectivity index (χ0n) is 14.6. The summed E-state index contributed by atoms with van der Waals surface area (Å²) in [6, 6.07) is 4.32. The average Bonchev–Trinajstić information content (AvgIpc) is 3.16. The molecule has 0 aliphatic carbocycles. The van der Waals surface area contributed by atoms with Gasteiger partial charge in [-0.1, -0.05) is 0 Å². The molecule has 2 heterocycles. The number of benzene rings is 1. The van der Waals surface area contributed by atoms with Crippen LogP contribution in [0.1, 0.15) is 6.92 Å². The van der Waals surface area contributed by atoms with E-state index in [0.717, 1.165) is 13.1 Å². The molecule has 1 aromatic carbocycles. The van der Waals surface area contributed by atoms with Gasteiger partial charge in [0.05, 0.1) is 18.6 Å². The Bertz CT molecular complexity index is 848. The second kappa shape index (κ2) is 7.89. The molecule has 0 radical (unpaired) electrons. The van der Waals surface area contributed by atoms with Crippen LogP contribution in [0.3, 0.4) is 0 Å². The van der Waals surface area contributed by atoms with Crippen molar-refractivity contribution in [2.75, 3.05) is 43.8 Å². The fourth-order valence-electron chi connectivity index (χ4n) is 3.33. The molecular weight excluding hydrogens is 402 g/mol. The second-order valence-electron chi connectivity index (χ2n) is 6.37. The highest BCUT2D eigenvalue weighted by Gasteiger charge is 2.42. The number of ether oxygens (including phenoxy) is 1. The maximum absolute atomic E-state index is 13.1. The fraction of sp³-hybridized carbons (Fsp3) is 0.600. The van der Waals surface area contributed by atoms with E-state index in [2.05, 4.69) is 10.0 Å². The first kappa shape index (κ1) is 21.2. The number of anilines is 1. The van der Waals surface area contributed by atoms with E-state index in [1.54, 1.807) is 0 Å². The van der Waals surface area contributed by atoms with Gasteiger partial charge in [-0.15, -0.1) is 12.4 Å². The minimum atomic E-state index is -3.79. The highest BCUT2D eigenvalue weighted by molar-refractivity contribution is 7.93. The molecule has 2 N–H and O–H groups in total. The zero-order valence-corrected chi connectivity index (χ0v) is 17.1. The van der Waals surface area contributed by atoms with E-state index >= 15 is 0 Å². The van der Waals surface area contributed by atoms with Crippen LogP contribution >= 0.6 is 12.4 Å². The normalized spacial score (nSPS) is 23.3. The number of hydrogen-bond acceptors (Lipinski definition) is 6. The summed E-state index contributed by atoms with van der Waals surface area (Å²) >= 11 is 0. The van der Waals surface area contributed by atoms with E-state index in [4.69, 9.17) is 4.74 Å². The predicted octanol–water partition coefficient (Wildman–Crippen LogP) is 0.718. The quantitative estimate of drug-likeness (QED) is 0.695. The molecule has 2 atom stereocenters. The SMILES string of the molecule is CCS(=O)(=O)Nc1cc(OC)ccc1S(=O)(=O)N1C[C@H]2CNC[C@H]2C1.Cl. The Balaban J connectivity index is 0.00000243. The molecule has 148 valence electrons. The van der Waals surface area contributed by atoms with Gasteiger partial charge in [0.2, 0.25) is 20.0 Å². The molecule has 11 heteroatoms. The van der Waals surface area contributed by atoms with E-state index in [0.29, 0.717) is 30.7 Å². The molecular formula is C15H24ClN3O5S2. The first-order chi connectivity index (χ1) is 11.8. The van der Waals surface area contributed by atoms with Crippen LogP contribution in [0.2, 0.25) is 0 Å². The van der Waals surface area contributed by atoms with Crippen molar-refractivity contribution < 1.29 is 21.6 Å². The maximum atomic E-state index is 13.1.